The average Bonchev–Trinajstić information content (AvgIpc) is 3.16. The molecular weight excluding hydrogens is 357 g/mol. The summed E-state index contributed by atoms with van der Waals surface area (Å²) in [6, 6.07) is 8.38. The average molecular weight is 375 g/mol. The molecule has 0 aromatic carbocycles. The predicted molar refractivity (Wildman–Crippen MR) is 97.4 cm³/mol. The van der Waals surface area contributed by atoms with Crippen LogP contribution in [-0.2, 0) is 25.7 Å². The first-order chi connectivity index (χ1) is 10.7. The summed E-state index contributed by atoms with van der Waals surface area (Å²) in [7, 11) is 4.34. The van der Waals surface area contributed by atoms with E-state index in [-0.39, 0.29) is 0 Å². The van der Waals surface area contributed by atoms with Crippen molar-refractivity contribution in [2.45, 2.75) is 38.5 Å². The summed E-state index contributed by atoms with van der Waals surface area (Å²) >= 11 is 6.55. The van der Waals surface area contributed by atoms with Crippen molar-refractivity contribution >= 4 is 36.4 Å². The molecule has 4 rings (SSSR count). The number of hydrogen-bond donors (Lipinski definition) is 1. The van der Waals surface area contributed by atoms with Gasteiger partial charge < -0.3 is 0 Å². The summed E-state index contributed by atoms with van der Waals surface area (Å²) in [6.45, 7) is 0. The summed E-state index contributed by atoms with van der Waals surface area (Å²) < 4.78 is 3.66. The largest absolute Gasteiger partial charge is 0.261 e. The molecule has 0 unspecified atom stereocenters. The van der Waals surface area contributed by atoms with Crippen LogP contribution < -0.4 is 0 Å². The number of fused-ring (bicyclic) bond motifs is 2. The number of pyridine rings is 2. The third kappa shape index (κ3) is 5.02. The Morgan fingerprint density at radius 2 is 1.64 bits per heavy atom. The fourth-order valence-electron chi connectivity index (χ4n) is 2.76. The maximum atomic E-state index is 4.37. The summed E-state index contributed by atoms with van der Waals surface area (Å²) in [6.07, 6.45) is 9.26. The predicted octanol–water partition coefficient (Wildman–Crippen LogP) is 4.09. The quantitative estimate of drug-likeness (QED) is 0.428. The van der Waals surface area contributed by atoms with E-state index >= 15 is 0 Å². The third-order valence-corrected chi connectivity index (χ3v) is 4.18. The van der Waals surface area contributed by atoms with E-state index in [1.54, 1.807) is 0 Å². The molecule has 6 heteroatoms. The standard InChI is InChI=1S/C8H8BrN.C8H9N.BHNS/c9-8-5-4-6-2-1-3-7(6)10-8;1-3-7-4-2-6-9-8(7)5-1;1-2-3/h4-5H,1-3H2;2,4,6H,1,3,5H2;3H. The van der Waals surface area contributed by atoms with Gasteiger partial charge in [-0.1, -0.05) is 12.1 Å². The fraction of sp³-hybridized carbons (Fsp3) is 0.375. The van der Waals surface area contributed by atoms with Crippen molar-refractivity contribution in [3.8, 4) is 0 Å². The minimum Gasteiger partial charge on any atom is -0.261 e. The first-order valence-electron chi connectivity index (χ1n) is 7.36. The van der Waals surface area contributed by atoms with E-state index in [2.05, 4.69) is 62.8 Å². The number of halogens is 1. The number of hydrogen-bond acceptors (Lipinski definition) is 4. The van der Waals surface area contributed by atoms with Crippen molar-refractivity contribution in [1.82, 2.24) is 9.97 Å². The van der Waals surface area contributed by atoms with Crippen LogP contribution in [0.3, 0.4) is 0 Å². The molecule has 0 spiro atoms. The van der Waals surface area contributed by atoms with Crippen LogP contribution in [0.4, 0.5) is 0 Å². The van der Waals surface area contributed by atoms with Gasteiger partial charge in [0.2, 0.25) is 0 Å². The number of rotatable bonds is 0. The van der Waals surface area contributed by atoms with Crippen molar-refractivity contribution in [2.75, 3.05) is 0 Å². The smallest absolute Gasteiger partial charge is 0.0435 e. The second kappa shape index (κ2) is 9.21. The molecule has 0 N–H and O–H groups in total. The molecule has 0 fully saturated rings. The molecule has 2 aromatic rings. The van der Waals surface area contributed by atoms with Crippen LogP contribution in [-0.4, -0.2) is 17.6 Å². The van der Waals surface area contributed by atoms with Gasteiger partial charge >= 0.3 is 24.8 Å². The normalized spacial score (nSPS) is 13.9. The van der Waals surface area contributed by atoms with Crippen molar-refractivity contribution in [1.29, 1.82) is 0 Å². The van der Waals surface area contributed by atoms with E-state index in [0.29, 0.717) is 0 Å². The molecule has 1 radical (unpaired) electrons. The van der Waals surface area contributed by atoms with Crippen LogP contribution in [0.2, 0.25) is 0 Å². The second-order valence-electron chi connectivity index (χ2n) is 5.17. The van der Waals surface area contributed by atoms with E-state index in [9.17, 15) is 0 Å². The molecule has 22 heavy (non-hydrogen) atoms. The van der Waals surface area contributed by atoms with E-state index in [1.807, 2.05) is 18.3 Å². The van der Waals surface area contributed by atoms with E-state index in [0.717, 1.165) is 11.0 Å². The monoisotopic (exact) mass is 374 g/mol. The second-order valence-corrected chi connectivity index (χ2v) is 6.22. The van der Waals surface area contributed by atoms with Gasteiger partial charge in [0.05, 0.1) is 0 Å². The molecular formula is C16H18BBrN3S. The Labute approximate surface area is 146 Å². The number of aryl methyl sites for hydroxylation is 4. The first kappa shape index (κ1) is 17.4. The zero-order chi connectivity index (χ0) is 15.8. The Morgan fingerprint density at radius 1 is 1.00 bits per heavy atom. The van der Waals surface area contributed by atoms with Crippen LogP contribution in [0.25, 0.3) is 0 Å². The van der Waals surface area contributed by atoms with Crippen molar-refractivity contribution in [3.63, 3.8) is 0 Å². The molecule has 2 aliphatic rings. The zero-order valence-corrected chi connectivity index (χ0v) is 14.9. The molecule has 2 aromatic heterocycles. The van der Waals surface area contributed by atoms with Gasteiger partial charge in [0.25, 0.3) is 0 Å². The van der Waals surface area contributed by atoms with Gasteiger partial charge in [-0.05, 0) is 77.7 Å². The Kier molecular flexibility index (Phi) is 7.26. The van der Waals surface area contributed by atoms with E-state index in [4.69, 9.17) is 0 Å². The Balaban J connectivity index is 0.000000137. The minimum atomic E-state index is 0.966. The summed E-state index contributed by atoms with van der Waals surface area (Å²) in [5.74, 6) is 0. The number of aromatic nitrogens is 2. The van der Waals surface area contributed by atoms with E-state index in [1.165, 1.54) is 54.6 Å². The topological polar surface area (TPSA) is 38.1 Å². The van der Waals surface area contributed by atoms with Crippen LogP contribution in [0.1, 0.15) is 35.4 Å². The fourth-order valence-corrected chi connectivity index (χ4v) is 3.11. The van der Waals surface area contributed by atoms with Crippen molar-refractivity contribution < 1.29 is 0 Å². The molecule has 0 aliphatic heterocycles. The Hall–Kier alpha value is -1.01. The molecule has 2 aliphatic carbocycles. The molecule has 3 nitrogen and oxygen atoms in total. The SMILES string of the molecule is Brc1ccc2c(n1)CCC2.[B]=NS.c1cnc2c(c1)CCC2. The summed E-state index contributed by atoms with van der Waals surface area (Å²) in [4.78, 5) is 8.63. The molecule has 2 heterocycles. The van der Waals surface area contributed by atoms with Gasteiger partial charge in [0.15, 0.2) is 0 Å². The number of thiol groups is 1. The van der Waals surface area contributed by atoms with Gasteiger partial charge in [0, 0.05) is 17.6 Å². The molecule has 0 amide bonds. The van der Waals surface area contributed by atoms with Crippen LogP contribution in [0.15, 0.2) is 39.4 Å². The molecule has 0 atom stereocenters. The van der Waals surface area contributed by atoms with Crippen LogP contribution in [0, 0.1) is 0 Å². The van der Waals surface area contributed by atoms with Crippen LogP contribution >= 0.6 is 28.7 Å². The molecule has 113 valence electrons. The number of nitrogens with zero attached hydrogens (tertiary/aromatic N) is 3. The van der Waals surface area contributed by atoms with E-state index < -0.39 is 0 Å². The van der Waals surface area contributed by atoms with Crippen LogP contribution in [0.5, 0.6) is 0 Å². The maximum absolute atomic E-state index is 4.37. The van der Waals surface area contributed by atoms with Crippen molar-refractivity contribution in [3.05, 3.63) is 57.6 Å². The summed E-state index contributed by atoms with van der Waals surface area (Å²) in [5, 5.41) is 0. The molecule has 0 saturated heterocycles. The first-order valence-corrected chi connectivity index (χ1v) is 8.55. The minimum absolute atomic E-state index is 0.966. The maximum Gasteiger partial charge on any atom is 0.0435 e. The van der Waals surface area contributed by atoms with Gasteiger partial charge in [-0.3, -0.25) is 4.98 Å². The van der Waals surface area contributed by atoms with Gasteiger partial charge in [-0.15, -0.1) is 0 Å². The van der Waals surface area contributed by atoms with Gasteiger partial charge in [-0.25, -0.2) is 4.98 Å². The van der Waals surface area contributed by atoms with Gasteiger partial charge in [0.1, 0.15) is 4.60 Å². The Bertz CT molecular complexity index is 614. The molecule has 0 saturated carbocycles. The Morgan fingerprint density at radius 3 is 2.32 bits per heavy atom. The third-order valence-electron chi connectivity index (χ3n) is 3.74. The zero-order valence-electron chi connectivity index (χ0n) is 12.4. The van der Waals surface area contributed by atoms with Crippen molar-refractivity contribution in [2.24, 2.45) is 4.30 Å². The molecule has 0 bridgehead atoms. The summed E-state index contributed by atoms with van der Waals surface area (Å²) in [5.41, 5.74) is 5.49. The van der Waals surface area contributed by atoms with Gasteiger partial charge in [-0.2, -0.15) is 0 Å².